The molecule has 1 amide bonds. The molecular formula is C20H23ClN2O2S. The van der Waals surface area contributed by atoms with E-state index in [4.69, 9.17) is 16.3 Å². The molecule has 0 radical (unpaired) electrons. The summed E-state index contributed by atoms with van der Waals surface area (Å²) in [6, 6.07) is 15.9. The van der Waals surface area contributed by atoms with Crippen molar-refractivity contribution in [2.24, 2.45) is 0 Å². The number of halogens is 1. The van der Waals surface area contributed by atoms with E-state index in [1.807, 2.05) is 41.3 Å². The first kappa shape index (κ1) is 18.9. The van der Waals surface area contributed by atoms with Crippen LogP contribution in [0.2, 0.25) is 5.02 Å². The van der Waals surface area contributed by atoms with Crippen LogP contribution >= 0.6 is 23.4 Å². The van der Waals surface area contributed by atoms with Crippen LogP contribution in [-0.4, -0.2) is 49.8 Å². The molecule has 0 unspecified atom stereocenters. The lowest BCUT2D eigenvalue weighted by Crippen LogP contribution is -2.49. The largest absolute Gasteiger partial charge is 0.497 e. The number of amides is 1. The quantitative estimate of drug-likeness (QED) is 0.748. The summed E-state index contributed by atoms with van der Waals surface area (Å²) in [7, 11) is 1.67. The summed E-state index contributed by atoms with van der Waals surface area (Å²) in [5, 5.41) is 0.764. The van der Waals surface area contributed by atoms with Crippen molar-refractivity contribution >= 4 is 35.0 Å². The van der Waals surface area contributed by atoms with Crippen molar-refractivity contribution in [3.63, 3.8) is 0 Å². The third-order valence-corrected chi connectivity index (χ3v) is 5.85. The highest BCUT2D eigenvalue weighted by Crippen LogP contribution is 2.22. The average Bonchev–Trinajstić information content (AvgIpc) is 2.69. The number of hydrogen-bond acceptors (Lipinski definition) is 4. The van der Waals surface area contributed by atoms with Gasteiger partial charge in [-0.1, -0.05) is 29.8 Å². The fourth-order valence-corrected chi connectivity index (χ4v) is 4.17. The smallest absolute Gasteiger partial charge is 0.232 e. The molecule has 0 N–H and O–H groups in total. The van der Waals surface area contributed by atoms with Gasteiger partial charge in [0.05, 0.1) is 12.9 Å². The van der Waals surface area contributed by atoms with Crippen LogP contribution in [0.3, 0.4) is 0 Å². The van der Waals surface area contributed by atoms with Crippen LogP contribution in [-0.2, 0) is 10.5 Å². The second-order valence-corrected chi connectivity index (χ2v) is 7.54. The van der Waals surface area contributed by atoms with Crippen molar-refractivity contribution in [3.8, 4) is 5.75 Å². The Hall–Kier alpha value is -1.85. The van der Waals surface area contributed by atoms with E-state index in [-0.39, 0.29) is 5.91 Å². The van der Waals surface area contributed by atoms with Crippen LogP contribution < -0.4 is 9.64 Å². The molecule has 1 aliphatic rings. The van der Waals surface area contributed by atoms with Gasteiger partial charge in [-0.05, 0) is 35.9 Å². The molecule has 1 heterocycles. The lowest BCUT2D eigenvalue weighted by atomic mass is 10.2. The Morgan fingerprint density at radius 1 is 1.08 bits per heavy atom. The molecule has 4 nitrogen and oxygen atoms in total. The van der Waals surface area contributed by atoms with Gasteiger partial charge in [0.1, 0.15) is 5.75 Å². The third-order valence-electron chi connectivity index (χ3n) is 4.51. The van der Waals surface area contributed by atoms with Crippen LogP contribution in [0.15, 0.2) is 48.5 Å². The van der Waals surface area contributed by atoms with Crippen LogP contribution in [0.25, 0.3) is 0 Å². The van der Waals surface area contributed by atoms with Gasteiger partial charge in [-0.25, -0.2) is 0 Å². The number of thioether (sulfide) groups is 1. The summed E-state index contributed by atoms with van der Waals surface area (Å²) < 4.78 is 5.20. The predicted molar refractivity (Wildman–Crippen MR) is 109 cm³/mol. The number of anilines is 1. The summed E-state index contributed by atoms with van der Waals surface area (Å²) in [6.07, 6.45) is 0. The van der Waals surface area contributed by atoms with E-state index < -0.39 is 0 Å². The Balaban J connectivity index is 1.43. The van der Waals surface area contributed by atoms with Crippen LogP contribution in [0.1, 0.15) is 5.56 Å². The molecule has 0 atom stereocenters. The molecule has 0 aliphatic carbocycles. The van der Waals surface area contributed by atoms with Crippen molar-refractivity contribution in [2.75, 3.05) is 43.9 Å². The second kappa shape index (κ2) is 9.19. The molecule has 2 aromatic rings. The zero-order chi connectivity index (χ0) is 18.4. The zero-order valence-electron chi connectivity index (χ0n) is 14.9. The minimum Gasteiger partial charge on any atom is -0.497 e. The Morgan fingerprint density at radius 2 is 1.77 bits per heavy atom. The van der Waals surface area contributed by atoms with E-state index in [1.165, 1.54) is 5.69 Å². The standard InChI is InChI=1S/C20H23ClN2O2S/c1-25-18-8-6-17(7-9-18)22-10-12-23(13-11-22)20(24)15-26-14-16-4-2-3-5-19(16)21/h2-9H,10-15H2,1H3. The number of rotatable bonds is 6. The molecular weight excluding hydrogens is 368 g/mol. The molecule has 138 valence electrons. The van der Waals surface area contributed by atoms with Crippen molar-refractivity contribution in [1.29, 1.82) is 0 Å². The number of ether oxygens (including phenoxy) is 1. The fraction of sp³-hybridized carbons (Fsp3) is 0.350. The molecule has 0 aromatic heterocycles. The Labute approximate surface area is 164 Å². The molecule has 0 spiro atoms. The molecule has 6 heteroatoms. The molecule has 26 heavy (non-hydrogen) atoms. The van der Waals surface area contributed by atoms with Crippen molar-refractivity contribution in [2.45, 2.75) is 5.75 Å². The second-order valence-electron chi connectivity index (χ2n) is 6.15. The van der Waals surface area contributed by atoms with Gasteiger partial charge in [-0.3, -0.25) is 4.79 Å². The number of benzene rings is 2. The molecule has 0 saturated carbocycles. The van der Waals surface area contributed by atoms with E-state index in [1.54, 1.807) is 18.9 Å². The molecule has 1 saturated heterocycles. The highest BCUT2D eigenvalue weighted by atomic mass is 35.5. The van der Waals surface area contributed by atoms with E-state index in [9.17, 15) is 4.79 Å². The fourth-order valence-electron chi connectivity index (χ4n) is 2.96. The normalized spacial score (nSPS) is 14.4. The Bertz CT molecular complexity index is 731. The van der Waals surface area contributed by atoms with Crippen molar-refractivity contribution in [1.82, 2.24) is 4.90 Å². The number of carbonyl (C=O) groups excluding carboxylic acids is 1. The lowest BCUT2D eigenvalue weighted by Gasteiger charge is -2.36. The van der Waals surface area contributed by atoms with E-state index in [0.717, 1.165) is 48.3 Å². The van der Waals surface area contributed by atoms with Gasteiger partial charge in [0.25, 0.3) is 0 Å². The zero-order valence-corrected chi connectivity index (χ0v) is 16.4. The van der Waals surface area contributed by atoms with Gasteiger partial charge in [-0.15, -0.1) is 11.8 Å². The van der Waals surface area contributed by atoms with Crippen molar-refractivity contribution < 1.29 is 9.53 Å². The number of carbonyl (C=O) groups is 1. The number of methoxy groups -OCH3 is 1. The minimum absolute atomic E-state index is 0.205. The van der Waals surface area contributed by atoms with Crippen LogP contribution in [0.5, 0.6) is 5.75 Å². The van der Waals surface area contributed by atoms with Crippen molar-refractivity contribution in [3.05, 3.63) is 59.1 Å². The van der Waals surface area contributed by atoms with Gasteiger partial charge in [0, 0.05) is 42.6 Å². The van der Waals surface area contributed by atoms with Gasteiger partial charge in [0.15, 0.2) is 0 Å². The summed E-state index contributed by atoms with van der Waals surface area (Å²) in [4.78, 5) is 16.7. The maximum absolute atomic E-state index is 12.4. The van der Waals surface area contributed by atoms with E-state index in [0.29, 0.717) is 5.75 Å². The minimum atomic E-state index is 0.205. The topological polar surface area (TPSA) is 32.8 Å². The molecule has 1 fully saturated rings. The summed E-state index contributed by atoms with van der Waals surface area (Å²) in [5.41, 5.74) is 2.25. The molecule has 1 aliphatic heterocycles. The molecule has 2 aromatic carbocycles. The van der Waals surface area contributed by atoms with Gasteiger partial charge >= 0.3 is 0 Å². The first-order chi connectivity index (χ1) is 12.7. The highest BCUT2D eigenvalue weighted by molar-refractivity contribution is 7.99. The number of hydrogen-bond donors (Lipinski definition) is 0. The predicted octanol–water partition coefficient (Wildman–Crippen LogP) is 3.93. The van der Waals surface area contributed by atoms with E-state index >= 15 is 0 Å². The number of nitrogens with zero attached hydrogens (tertiary/aromatic N) is 2. The Morgan fingerprint density at radius 3 is 2.42 bits per heavy atom. The summed E-state index contributed by atoms with van der Waals surface area (Å²) >= 11 is 7.78. The van der Waals surface area contributed by atoms with Crippen LogP contribution in [0, 0.1) is 0 Å². The average molecular weight is 391 g/mol. The maximum Gasteiger partial charge on any atom is 0.232 e. The highest BCUT2D eigenvalue weighted by Gasteiger charge is 2.21. The first-order valence-electron chi connectivity index (χ1n) is 8.65. The van der Waals surface area contributed by atoms with E-state index in [2.05, 4.69) is 17.0 Å². The van der Waals surface area contributed by atoms with Gasteiger partial charge in [-0.2, -0.15) is 0 Å². The lowest BCUT2D eigenvalue weighted by molar-refractivity contribution is -0.128. The monoisotopic (exact) mass is 390 g/mol. The first-order valence-corrected chi connectivity index (χ1v) is 10.2. The molecule has 0 bridgehead atoms. The molecule has 3 rings (SSSR count). The van der Waals surface area contributed by atoms with Crippen LogP contribution in [0.4, 0.5) is 5.69 Å². The number of piperazine rings is 1. The third kappa shape index (κ3) is 4.86. The summed E-state index contributed by atoms with van der Waals surface area (Å²) in [5.74, 6) is 2.32. The summed E-state index contributed by atoms with van der Waals surface area (Å²) in [6.45, 7) is 3.23. The van der Waals surface area contributed by atoms with Gasteiger partial charge in [0.2, 0.25) is 5.91 Å². The Kier molecular flexibility index (Phi) is 6.69. The maximum atomic E-state index is 12.4. The van der Waals surface area contributed by atoms with Gasteiger partial charge < -0.3 is 14.5 Å². The SMILES string of the molecule is COc1ccc(N2CCN(C(=O)CSCc3ccccc3Cl)CC2)cc1.